The van der Waals surface area contributed by atoms with E-state index in [1.807, 2.05) is 19.9 Å². The van der Waals surface area contributed by atoms with Crippen LogP contribution in [-0.4, -0.2) is 29.4 Å². The number of allylic oxidation sites excluding steroid dienone is 2. The third-order valence-corrected chi connectivity index (χ3v) is 12.4. The monoisotopic (exact) mass is 508 g/mol. The fourth-order valence-corrected chi connectivity index (χ4v) is 9.49. The molecule has 0 aromatic heterocycles. The zero-order valence-electron chi connectivity index (χ0n) is 24.0. The topological polar surface area (TPSA) is 77.5 Å². The van der Waals surface area contributed by atoms with Crippen molar-refractivity contribution < 1.29 is 23.9 Å². The van der Waals surface area contributed by atoms with Gasteiger partial charge in [-0.05, 0) is 55.9 Å². The zero-order chi connectivity index (χ0) is 27.3. The average Bonchev–Trinajstić information content (AvgIpc) is 3.12. The van der Waals surface area contributed by atoms with Gasteiger partial charge in [0.05, 0.1) is 0 Å². The number of ketones is 3. The molecule has 5 aliphatic rings. The Morgan fingerprint density at radius 2 is 1.73 bits per heavy atom. The summed E-state index contributed by atoms with van der Waals surface area (Å²) < 4.78 is 6.02. The molecule has 1 heterocycles. The molecule has 3 fully saturated rings. The molecule has 4 aliphatic carbocycles. The first kappa shape index (κ1) is 26.6. The normalized spacial score (nSPS) is 44.2. The van der Waals surface area contributed by atoms with Gasteiger partial charge in [0.25, 0.3) is 0 Å². The minimum Gasteiger partial charge on any atom is -0.458 e. The Morgan fingerprint density at radius 3 is 2.38 bits per heavy atom. The first-order valence-corrected chi connectivity index (χ1v) is 14.3. The number of rotatable bonds is 3. The number of hydrogen-bond acceptors (Lipinski definition) is 5. The van der Waals surface area contributed by atoms with Gasteiger partial charge in [-0.2, -0.15) is 0 Å². The molecule has 202 valence electrons. The lowest BCUT2D eigenvalue weighted by Crippen LogP contribution is -2.61. The fourth-order valence-electron chi connectivity index (χ4n) is 9.49. The van der Waals surface area contributed by atoms with Crippen molar-refractivity contribution >= 4 is 23.3 Å². The van der Waals surface area contributed by atoms with Crippen LogP contribution in [0.25, 0.3) is 0 Å². The van der Waals surface area contributed by atoms with Gasteiger partial charge >= 0.3 is 5.97 Å². The van der Waals surface area contributed by atoms with Crippen LogP contribution >= 0.6 is 0 Å². The van der Waals surface area contributed by atoms with E-state index in [1.54, 1.807) is 0 Å². The molecule has 8 atom stereocenters. The first-order valence-electron chi connectivity index (χ1n) is 14.3. The summed E-state index contributed by atoms with van der Waals surface area (Å²) in [7, 11) is 0. The van der Waals surface area contributed by atoms with Gasteiger partial charge in [-0.15, -0.1) is 0 Å². The number of fused-ring (bicyclic) bond motifs is 5. The highest BCUT2D eigenvalue weighted by Gasteiger charge is 2.70. The van der Waals surface area contributed by atoms with Crippen molar-refractivity contribution in [1.29, 1.82) is 0 Å². The molecule has 5 heteroatoms. The molecular weight excluding hydrogens is 464 g/mol. The Balaban J connectivity index is 1.55. The Morgan fingerprint density at radius 1 is 1.05 bits per heavy atom. The summed E-state index contributed by atoms with van der Waals surface area (Å²) >= 11 is 0. The van der Waals surface area contributed by atoms with Crippen molar-refractivity contribution in [3.63, 3.8) is 0 Å². The lowest BCUT2D eigenvalue weighted by molar-refractivity contribution is -0.165. The van der Waals surface area contributed by atoms with Crippen molar-refractivity contribution in [2.24, 2.45) is 45.3 Å². The quantitative estimate of drug-likeness (QED) is 0.424. The molecule has 37 heavy (non-hydrogen) atoms. The SMILES string of the molecule is CCC1=C(C)C(=O)O[C@@H](C(C)(C)[C@H]2CC[C@@]3(C)C4=CC(=O)[C@@H]5C[C@@H](C)C(=O)C[C@]5(C)C4CC(=O)[C@]23C)C1. The van der Waals surface area contributed by atoms with Crippen molar-refractivity contribution in [2.45, 2.75) is 106 Å². The molecule has 0 aromatic rings. The third kappa shape index (κ3) is 3.34. The summed E-state index contributed by atoms with van der Waals surface area (Å²) in [6.07, 6.45) is 6.16. The number of esters is 1. The molecular formula is C32H44O5. The summed E-state index contributed by atoms with van der Waals surface area (Å²) in [5, 5.41) is 0. The predicted octanol–water partition coefficient (Wildman–Crippen LogP) is 6.20. The third-order valence-electron chi connectivity index (χ3n) is 12.4. The molecule has 1 aliphatic heterocycles. The second-order valence-electron chi connectivity index (χ2n) is 14.1. The maximum atomic E-state index is 14.4. The van der Waals surface area contributed by atoms with E-state index < -0.39 is 21.7 Å². The van der Waals surface area contributed by atoms with Crippen molar-refractivity contribution in [3.8, 4) is 0 Å². The highest BCUT2D eigenvalue weighted by Crippen LogP contribution is 2.72. The molecule has 0 radical (unpaired) electrons. The Bertz CT molecular complexity index is 1160. The van der Waals surface area contributed by atoms with Gasteiger partial charge in [0.1, 0.15) is 17.7 Å². The van der Waals surface area contributed by atoms with Crippen LogP contribution in [-0.2, 0) is 23.9 Å². The van der Waals surface area contributed by atoms with Crippen LogP contribution in [0.1, 0.15) is 100 Å². The van der Waals surface area contributed by atoms with E-state index in [2.05, 4.69) is 41.5 Å². The number of carbonyl (C=O) groups is 4. The zero-order valence-corrected chi connectivity index (χ0v) is 24.0. The van der Waals surface area contributed by atoms with E-state index in [0.29, 0.717) is 25.7 Å². The fraction of sp³-hybridized carbons (Fsp3) is 0.750. The van der Waals surface area contributed by atoms with Crippen molar-refractivity contribution in [1.82, 2.24) is 0 Å². The van der Waals surface area contributed by atoms with E-state index in [4.69, 9.17) is 4.74 Å². The maximum Gasteiger partial charge on any atom is 0.333 e. The van der Waals surface area contributed by atoms with Crippen LogP contribution in [0.3, 0.4) is 0 Å². The summed E-state index contributed by atoms with van der Waals surface area (Å²) in [4.78, 5) is 53.6. The van der Waals surface area contributed by atoms with Crippen LogP contribution in [0, 0.1) is 45.3 Å². The molecule has 0 aromatic carbocycles. The van der Waals surface area contributed by atoms with Crippen LogP contribution in [0.15, 0.2) is 22.8 Å². The van der Waals surface area contributed by atoms with E-state index in [9.17, 15) is 19.2 Å². The van der Waals surface area contributed by atoms with Crippen molar-refractivity contribution in [2.75, 3.05) is 0 Å². The number of Topliss-reactive ketones (excluding diaryl/α,β-unsaturated/α-hetero) is 2. The van der Waals surface area contributed by atoms with Crippen LogP contribution < -0.4 is 0 Å². The standard InChI is InChI=1S/C32H44O5/c1-9-19-13-27(37-28(36)18(19)3)29(4,5)25-10-11-31(7)21-14-23(33)22-12-17(2)24(34)16-30(22,6)20(21)15-26(35)32(25,31)8/h14,17,20,22,25,27H,9-13,15-16H2,1-8H3/t17-,20?,22+,25-,27-,30-,31+,32+/m1/s1. The second kappa shape index (κ2) is 8.23. The maximum absolute atomic E-state index is 14.4. The van der Waals surface area contributed by atoms with E-state index in [-0.39, 0.29) is 53.1 Å². The predicted molar refractivity (Wildman–Crippen MR) is 141 cm³/mol. The lowest BCUT2D eigenvalue weighted by atomic mass is 9.42. The van der Waals surface area contributed by atoms with Gasteiger partial charge in [0.2, 0.25) is 0 Å². The van der Waals surface area contributed by atoms with Gasteiger partial charge in [-0.3, -0.25) is 14.4 Å². The first-order chi connectivity index (χ1) is 17.1. The molecule has 0 amide bonds. The average molecular weight is 509 g/mol. The Hall–Kier alpha value is -2.04. The summed E-state index contributed by atoms with van der Waals surface area (Å²) in [6, 6.07) is 0. The second-order valence-corrected chi connectivity index (χ2v) is 14.1. The largest absolute Gasteiger partial charge is 0.458 e. The summed E-state index contributed by atoms with van der Waals surface area (Å²) in [5.41, 5.74) is 0.948. The van der Waals surface area contributed by atoms with Crippen LogP contribution in [0.4, 0.5) is 0 Å². The number of carbonyl (C=O) groups excluding carboxylic acids is 4. The Labute approximate surface area is 221 Å². The number of hydrogen-bond donors (Lipinski definition) is 0. The van der Waals surface area contributed by atoms with E-state index in [0.717, 1.165) is 36.0 Å². The van der Waals surface area contributed by atoms with Gasteiger partial charge in [-0.25, -0.2) is 4.79 Å². The van der Waals surface area contributed by atoms with Gasteiger partial charge < -0.3 is 4.74 Å². The van der Waals surface area contributed by atoms with Gasteiger partial charge in [-0.1, -0.05) is 59.6 Å². The summed E-state index contributed by atoms with van der Waals surface area (Å²) in [6.45, 7) is 16.6. The molecule has 5 nitrogen and oxygen atoms in total. The molecule has 3 saturated carbocycles. The number of cyclic esters (lactones) is 1. The highest BCUT2D eigenvalue weighted by atomic mass is 16.5. The molecule has 0 saturated heterocycles. The van der Waals surface area contributed by atoms with Gasteiger partial charge in [0, 0.05) is 52.9 Å². The molecule has 0 N–H and O–H groups in total. The van der Waals surface area contributed by atoms with Crippen molar-refractivity contribution in [3.05, 3.63) is 22.8 Å². The molecule has 5 rings (SSSR count). The minimum atomic E-state index is -0.663. The van der Waals surface area contributed by atoms with E-state index in [1.165, 1.54) is 0 Å². The smallest absolute Gasteiger partial charge is 0.333 e. The molecule has 0 spiro atoms. The number of ether oxygens (including phenoxy) is 1. The van der Waals surface area contributed by atoms with Crippen LogP contribution in [0.5, 0.6) is 0 Å². The Kier molecular flexibility index (Phi) is 5.91. The van der Waals surface area contributed by atoms with Crippen LogP contribution in [0.2, 0.25) is 0 Å². The summed E-state index contributed by atoms with van der Waals surface area (Å²) in [5.74, 6) is 0.0356. The molecule has 0 bridgehead atoms. The van der Waals surface area contributed by atoms with Gasteiger partial charge in [0.15, 0.2) is 5.78 Å². The minimum absolute atomic E-state index is 0.0160. The highest BCUT2D eigenvalue weighted by molar-refractivity contribution is 5.99. The molecule has 1 unspecified atom stereocenters. The van der Waals surface area contributed by atoms with E-state index >= 15 is 0 Å². The lowest BCUT2D eigenvalue weighted by Gasteiger charge is -2.60.